The van der Waals surface area contributed by atoms with Gasteiger partial charge >= 0.3 is 0 Å². The lowest BCUT2D eigenvalue weighted by molar-refractivity contribution is 0.110. The summed E-state index contributed by atoms with van der Waals surface area (Å²) in [5.74, 6) is 0.929. The first-order chi connectivity index (χ1) is 11.7. The first kappa shape index (κ1) is 17.5. The molecule has 0 saturated carbocycles. The maximum atomic E-state index is 6.05. The monoisotopic (exact) mass is 389 g/mol. The minimum absolute atomic E-state index is 0.356. The summed E-state index contributed by atoms with van der Waals surface area (Å²) in [7, 11) is 0. The van der Waals surface area contributed by atoms with E-state index in [4.69, 9.17) is 9.47 Å². The normalized spacial score (nSPS) is 17.2. The zero-order valence-electron chi connectivity index (χ0n) is 14.1. The summed E-state index contributed by atoms with van der Waals surface area (Å²) < 4.78 is 12.8. The minimum atomic E-state index is 0.356. The van der Waals surface area contributed by atoms with Crippen molar-refractivity contribution in [2.45, 2.75) is 39.0 Å². The molecule has 128 valence electrons. The largest absolute Gasteiger partial charge is 0.489 e. The second-order valence-corrected chi connectivity index (χ2v) is 7.21. The highest BCUT2D eigenvalue weighted by Crippen LogP contribution is 2.24. The number of nitrogens with one attached hydrogen (secondary N) is 1. The predicted octanol–water partition coefficient (Wildman–Crippen LogP) is 4.61. The molecule has 1 aliphatic rings. The van der Waals surface area contributed by atoms with Crippen LogP contribution in [0.3, 0.4) is 0 Å². The third-order valence-corrected chi connectivity index (χ3v) is 4.74. The van der Waals surface area contributed by atoms with E-state index < -0.39 is 0 Å². The molecule has 0 aromatic heterocycles. The quantitative estimate of drug-likeness (QED) is 0.749. The average Bonchev–Trinajstić information content (AvgIpc) is 3.09. The molecular formula is C20H24BrNO2. The lowest BCUT2D eigenvalue weighted by Crippen LogP contribution is -2.26. The van der Waals surface area contributed by atoms with E-state index in [2.05, 4.69) is 58.5 Å². The summed E-state index contributed by atoms with van der Waals surface area (Å²) in [5, 5.41) is 3.49. The van der Waals surface area contributed by atoms with Gasteiger partial charge in [-0.15, -0.1) is 0 Å². The van der Waals surface area contributed by atoms with Gasteiger partial charge in [-0.1, -0.05) is 45.8 Å². The first-order valence-corrected chi connectivity index (χ1v) is 9.29. The van der Waals surface area contributed by atoms with Crippen molar-refractivity contribution in [3.05, 3.63) is 63.6 Å². The van der Waals surface area contributed by atoms with E-state index in [0.29, 0.717) is 12.7 Å². The van der Waals surface area contributed by atoms with Gasteiger partial charge in [0.1, 0.15) is 12.4 Å². The number of rotatable bonds is 7. The lowest BCUT2D eigenvalue weighted by atomic mass is 10.1. The highest BCUT2D eigenvalue weighted by Gasteiger charge is 2.15. The molecule has 4 heteroatoms. The van der Waals surface area contributed by atoms with Crippen molar-refractivity contribution < 1.29 is 9.47 Å². The second kappa shape index (κ2) is 8.65. The number of ether oxygens (including phenoxy) is 2. The molecule has 1 N–H and O–H groups in total. The number of aryl methyl sites for hydroxylation is 1. The van der Waals surface area contributed by atoms with Crippen LogP contribution >= 0.6 is 15.9 Å². The van der Waals surface area contributed by atoms with Crippen LogP contribution in [0, 0.1) is 6.92 Å². The topological polar surface area (TPSA) is 30.5 Å². The van der Waals surface area contributed by atoms with E-state index in [1.54, 1.807) is 0 Å². The predicted molar refractivity (Wildman–Crippen MR) is 100 cm³/mol. The summed E-state index contributed by atoms with van der Waals surface area (Å²) in [6.45, 7) is 5.25. The van der Waals surface area contributed by atoms with Gasteiger partial charge in [-0.2, -0.15) is 0 Å². The minimum Gasteiger partial charge on any atom is -0.489 e. The van der Waals surface area contributed by atoms with E-state index >= 15 is 0 Å². The smallest absolute Gasteiger partial charge is 0.124 e. The lowest BCUT2D eigenvalue weighted by Gasteiger charge is -2.15. The second-order valence-electron chi connectivity index (χ2n) is 6.29. The Morgan fingerprint density at radius 3 is 2.79 bits per heavy atom. The Bertz CT molecular complexity index is 651. The van der Waals surface area contributed by atoms with E-state index in [1.165, 1.54) is 17.5 Å². The standard InChI is InChI=1S/C20H24BrNO2/c1-15-4-6-16(7-5-15)14-24-20-9-8-18(21)11-17(20)12-22-13-19-3-2-10-23-19/h4-9,11,19,22H,2-3,10,12-14H2,1H3/t19-/m1/s1. The number of halogens is 1. The fourth-order valence-electron chi connectivity index (χ4n) is 2.85. The summed E-state index contributed by atoms with van der Waals surface area (Å²) >= 11 is 3.55. The Morgan fingerprint density at radius 2 is 2.04 bits per heavy atom. The van der Waals surface area contributed by atoms with Gasteiger partial charge in [0, 0.05) is 29.7 Å². The molecule has 0 aliphatic carbocycles. The van der Waals surface area contributed by atoms with Crippen LogP contribution < -0.4 is 10.1 Å². The van der Waals surface area contributed by atoms with E-state index in [1.807, 2.05) is 12.1 Å². The number of hydrogen-bond acceptors (Lipinski definition) is 3. The molecule has 1 aliphatic heterocycles. The van der Waals surface area contributed by atoms with Crippen molar-refractivity contribution >= 4 is 15.9 Å². The molecule has 1 saturated heterocycles. The van der Waals surface area contributed by atoms with Crippen molar-refractivity contribution in [1.29, 1.82) is 0 Å². The van der Waals surface area contributed by atoms with Gasteiger partial charge < -0.3 is 14.8 Å². The van der Waals surface area contributed by atoms with Gasteiger partial charge in [0.25, 0.3) is 0 Å². The molecule has 3 rings (SSSR count). The Hall–Kier alpha value is -1.36. The van der Waals surface area contributed by atoms with Crippen LogP contribution in [0.1, 0.15) is 29.5 Å². The zero-order valence-corrected chi connectivity index (χ0v) is 15.6. The molecule has 0 radical (unpaired) electrons. The van der Waals surface area contributed by atoms with Crippen LogP contribution in [0.2, 0.25) is 0 Å². The van der Waals surface area contributed by atoms with Gasteiger partial charge in [-0.25, -0.2) is 0 Å². The third kappa shape index (κ3) is 5.07. The Morgan fingerprint density at radius 1 is 1.21 bits per heavy atom. The zero-order chi connectivity index (χ0) is 16.8. The van der Waals surface area contributed by atoms with Crippen LogP contribution in [-0.4, -0.2) is 19.3 Å². The number of hydrogen-bond donors (Lipinski definition) is 1. The Kier molecular flexibility index (Phi) is 6.30. The van der Waals surface area contributed by atoms with Crippen molar-refractivity contribution in [2.75, 3.05) is 13.2 Å². The maximum Gasteiger partial charge on any atom is 0.124 e. The Labute approximate surface area is 152 Å². The van der Waals surface area contributed by atoms with E-state index in [0.717, 1.165) is 41.9 Å². The molecule has 1 heterocycles. The van der Waals surface area contributed by atoms with Gasteiger partial charge in [0.05, 0.1) is 6.10 Å². The Balaban J connectivity index is 1.58. The molecule has 1 atom stereocenters. The van der Waals surface area contributed by atoms with Crippen molar-refractivity contribution in [2.24, 2.45) is 0 Å². The van der Waals surface area contributed by atoms with Gasteiger partial charge in [-0.3, -0.25) is 0 Å². The molecule has 24 heavy (non-hydrogen) atoms. The molecule has 2 aromatic carbocycles. The molecule has 3 nitrogen and oxygen atoms in total. The SMILES string of the molecule is Cc1ccc(COc2ccc(Br)cc2CNC[C@H]2CCCO2)cc1. The number of benzene rings is 2. The average molecular weight is 390 g/mol. The fraction of sp³-hybridized carbons (Fsp3) is 0.400. The molecular weight excluding hydrogens is 366 g/mol. The third-order valence-electron chi connectivity index (χ3n) is 4.25. The molecule has 0 bridgehead atoms. The van der Waals surface area contributed by atoms with Crippen LogP contribution in [-0.2, 0) is 17.9 Å². The van der Waals surface area contributed by atoms with Crippen LogP contribution in [0.25, 0.3) is 0 Å². The van der Waals surface area contributed by atoms with E-state index in [9.17, 15) is 0 Å². The fourth-order valence-corrected chi connectivity index (χ4v) is 3.25. The van der Waals surface area contributed by atoms with Gasteiger partial charge in [0.2, 0.25) is 0 Å². The van der Waals surface area contributed by atoms with Crippen molar-refractivity contribution in [3.63, 3.8) is 0 Å². The molecule has 1 fully saturated rings. The van der Waals surface area contributed by atoms with Crippen LogP contribution in [0.4, 0.5) is 0 Å². The summed E-state index contributed by atoms with van der Waals surface area (Å²) in [6, 6.07) is 14.6. The summed E-state index contributed by atoms with van der Waals surface area (Å²) in [4.78, 5) is 0. The van der Waals surface area contributed by atoms with Crippen molar-refractivity contribution in [3.8, 4) is 5.75 Å². The summed E-state index contributed by atoms with van der Waals surface area (Å²) in [6.07, 6.45) is 2.69. The molecule has 0 spiro atoms. The van der Waals surface area contributed by atoms with Gasteiger partial charge in [-0.05, 0) is 43.5 Å². The molecule has 0 unspecified atom stereocenters. The molecule has 0 amide bonds. The van der Waals surface area contributed by atoms with Crippen LogP contribution in [0.5, 0.6) is 5.75 Å². The first-order valence-electron chi connectivity index (χ1n) is 8.50. The van der Waals surface area contributed by atoms with Crippen molar-refractivity contribution in [1.82, 2.24) is 5.32 Å². The van der Waals surface area contributed by atoms with E-state index in [-0.39, 0.29) is 0 Å². The highest BCUT2D eigenvalue weighted by atomic mass is 79.9. The van der Waals surface area contributed by atoms with Gasteiger partial charge in [0.15, 0.2) is 0 Å². The summed E-state index contributed by atoms with van der Waals surface area (Å²) in [5.41, 5.74) is 3.61. The maximum absolute atomic E-state index is 6.05. The molecule has 2 aromatic rings. The van der Waals surface area contributed by atoms with Crippen LogP contribution in [0.15, 0.2) is 46.9 Å². The highest BCUT2D eigenvalue weighted by molar-refractivity contribution is 9.10.